The Hall–Kier alpha value is -0.600. The summed E-state index contributed by atoms with van der Waals surface area (Å²) < 4.78 is 13.4. The van der Waals surface area contributed by atoms with Gasteiger partial charge in [0.05, 0.1) is 5.41 Å². The SMILES string of the molecule is CC1CCN(C(=O)C23CC2(F)C3)CC1. The summed E-state index contributed by atoms with van der Waals surface area (Å²) in [5, 5.41) is 0. The first-order chi connectivity index (χ1) is 6.57. The highest BCUT2D eigenvalue weighted by Crippen LogP contribution is 2.81. The van der Waals surface area contributed by atoms with Crippen molar-refractivity contribution in [2.75, 3.05) is 13.1 Å². The van der Waals surface area contributed by atoms with E-state index in [0.29, 0.717) is 12.8 Å². The second-order valence-corrected chi connectivity index (χ2v) is 5.38. The van der Waals surface area contributed by atoms with E-state index in [1.807, 2.05) is 4.90 Å². The largest absolute Gasteiger partial charge is 0.342 e. The summed E-state index contributed by atoms with van der Waals surface area (Å²) in [5.41, 5.74) is -1.58. The van der Waals surface area contributed by atoms with Crippen LogP contribution in [0.2, 0.25) is 0 Å². The lowest BCUT2D eigenvalue weighted by molar-refractivity contribution is -0.136. The first kappa shape index (κ1) is 8.69. The molecule has 0 spiro atoms. The zero-order valence-electron chi connectivity index (χ0n) is 8.55. The monoisotopic (exact) mass is 197 g/mol. The number of carbonyl (C=O) groups is 1. The first-order valence-electron chi connectivity index (χ1n) is 5.56. The maximum atomic E-state index is 13.4. The van der Waals surface area contributed by atoms with Gasteiger partial charge in [-0.25, -0.2) is 4.39 Å². The summed E-state index contributed by atoms with van der Waals surface area (Å²) in [7, 11) is 0. The second-order valence-electron chi connectivity index (χ2n) is 5.38. The molecule has 0 aromatic carbocycles. The summed E-state index contributed by atoms with van der Waals surface area (Å²) in [6.07, 6.45) is 3.18. The van der Waals surface area contributed by atoms with E-state index in [2.05, 4.69) is 6.92 Å². The Morgan fingerprint density at radius 2 is 1.86 bits per heavy atom. The van der Waals surface area contributed by atoms with E-state index in [1.165, 1.54) is 0 Å². The van der Waals surface area contributed by atoms with Gasteiger partial charge in [0.15, 0.2) is 0 Å². The normalized spacial score (nSPS) is 46.0. The molecule has 1 aliphatic heterocycles. The van der Waals surface area contributed by atoms with E-state index in [0.717, 1.165) is 31.8 Å². The molecule has 2 nitrogen and oxygen atoms in total. The zero-order chi connectivity index (χ0) is 9.97. The van der Waals surface area contributed by atoms with Gasteiger partial charge < -0.3 is 4.90 Å². The number of rotatable bonds is 1. The van der Waals surface area contributed by atoms with Crippen molar-refractivity contribution in [3.63, 3.8) is 0 Å². The number of halogens is 1. The van der Waals surface area contributed by atoms with Gasteiger partial charge in [0.2, 0.25) is 5.91 Å². The van der Waals surface area contributed by atoms with Crippen LogP contribution in [0.1, 0.15) is 32.6 Å². The van der Waals surface area contributed by atoms with Crippen LogP contribution in [0.25, 0.3) is 0 Å². The van der Waals surface area contributed by atoms with Gasteiger partial charge in [-0.2, -0.15) is 0 Å². The molecule has 3 heteroatoms. The van der Waals surface area contributed by atoms with E-state index in [-0.39, 0.29) is 5.91 Å². The topological polar surface area (TPSA) is 20.3 Å². The van der Waals surface area contributed by atoms with Gasteiger partial charge in [-0.15, -0.1) is 0 Å². The number of likely N-dealkylation sites (tertiary alicyclic amines) is 1. The molecule has 0 aromatic rings. The predicted molar refractivity (Wildman–Crippen MR) is 50.5 cm³/mol. The van der Waals surface area contributed by atoms with Crippen LogP contribution in [0.15, 0.2) is 0 Å². The fraction of sp³-hybridized carbons (Fsp3) is 0.909. The van der Waals surface area contributed by atoms with Gasteiger partial charge in [-0.1, -0.05) is 6.92 Å². The molecular formula is C11H16FNO. The molecule has 2 saturated carbocycles. The molecular weight excluding hydrogens is 181 g/mol. The smallest absolute Gasteiger partial charge is 0.232 e. The third kappa shape index (κ3) is 0.931. The highest BCUT2D eigenvalue weighted by molar-refractivity contribution is 5.93. The van der Waals surface area contributed by atoms with Crippen molar-refractivity contribution in [2.24, 2.45) is 11.3 Å². The number of carbonyl (C=O) groups excluding carboxylic acids is 1. The molecule has 3 rings (SSSR count). The number of nitrogens with zero attached hydrogens (tertiary/aromatic N) is 1. The van der Waals surface area contributed by atoms with Crippen LogP contribution < -0.4 is 0 Å². The summed E-state index contributed by atoms with van der Waals surface area (Å²) >= 11 is 0. The number of amides is 1. The number of fused-ring (bicyclic) bond motifs is 1. The van der Waals surface area contributed by atoms with E-state index in [4.69, 9.17) is 0 Å². The molecule has 0 N–H and O–H groups in total. The van der Waals surface area contributed by atoms with Crippen LogP contribution in [0, 0.1) is 11.3 Å². The van der Waals surface area contributed by atoms with Crippen LogP contribution in [0.5, 0.6) is 0 Å². The zero-order valence-corrected chi connectivity index (χ0v) is 8.55. The summed E-state index contributed by atoms with van der Waals surface area (Å²) in [5.74, 6) is 0.831. The van der Waals surface area contributed by atoms with Crippen molar-refractivity contribution in [2.45, 2.75) is 38.3 Å². The summed E-state index contributed by atoms with van der Waals surface area (Å²) in [4.78, 5) is 13.8. The third-order valence-electron chi connectivity index (χ3n) is 4.25. The van der Waals surface area contributed by atoms with Crippen molar-refractivity contribution < 1.29 is 9.18 Å². The highest BCUT2D eigenvalue weighted by Gasteiger charge is 2.89. The minimum Gasteiger partial charge on any atom is -0.342 e. The Kier molecular flexibility index (Phi) is 1.43. The van der Waals surface area contributed by atoms with Crippen molar-refractivity contribution >= 4 is 5.91 Å². The molecule has 14 heavy (non-hydrogen) atoms. The van der Waals surface area contributed by atoms with Crippen LogP contribution in [-0.2, 0) is 4.79 Å². The van der Waals surface area contributed by atoms with E-state index in [1.54, 1.807) is 0 Å². The molecule has 0 radical (unpaired) electrons. The van der Waals surface area contributed by atoms with Crippen LogP contribution in [0.3, 0.4) is 0 Å². The maximum Gasteiger partial charge on any atom is 0.232 e. The Balaban J connectivity index is 1.64. The molecule has 1 saturated heterocycles. The maximum absolute atomic E-state index is 13.4. The molecule has 0 bridgehead atoms. The molecule has 2 aliphatic carbocycles. The average Bonchev–Trinajstić information content (AvgIpc) is 2.90. The van der Waals surface area contributed by atoms with Gasteiger partial charge in [-0.3, -0.25) is 4.79 Å². The molecule has 1 heterocycles. The first-order valence-corrected chi connectivity index (χ1v) is 5.56. The van der Waals surface area contributed by atoms with Gasteiger partial charge in [0.1, 0.15) is 5.67 Å². The van der Waals surface area contributed by atoms with Gasteiger partial charge in [0, 0.05) is 25.9 Å². The van der Waals surface area contributed by atoms with Crippen molar-refractivity contribution in [3.05, 3.63) is 0 Å². The average molecular weight is 197 g/mol. The van der Waals surface area contributed by atoms with Gasteiger partial charge in [-0.05, 0) is 18.8 Å². The number of alkyl halides is 1. The number of piperidine rings is 1. The molecule has 0 atom stereocenters. The lowest BCUT2D eigenvalue weighted by atomic mass is 9.98. The lowest BCUT2D eigenvalue weighted by Crippen LogP contribution is -2.40. The quantitative estimate of drug-likeness (QED) is 0.627. The Morgan fingerprint density at radius 1 is 1.36 bits per heavy atom. The summed E-state index contributed by atoms with van der Waals surface area (Å²) in [6, 6.07) is 0. The third-order valence-corrected chi connectivity index (χ3v) is 4.25. The fourth-order valence-electron chi connectivity index (χ4n) is 2.67. The molecule has 1 amide bonds. The van der Waals surface area contributed by atoms with E-state index >= 15 is 0 Å². The lowest BCUT2D eigenvalue weighted by Gasteiger charge is -2.31. The molecule has 0 unspecified atom stereocenters. The number of hydrogen-bond acceptors (Lipinski definition) is 1. The van der Waals surface area contributed by atoms with Crippen LogP contribution in [0.4, 0.5) is 4.39 Å². The molecule has 0 aromatic heterocycles. The standard InChI is InChI=1S/C11H16FNO/c1-8-2-4-13(5-3-8)9(14)10-6-11(10,12)7-10/h8H,2-7H2,1H3. The minimum atomic E-state index is -1.06. The van der Waals surface area contributed by atoms with E-state index in [9.17, 15) is 9.18 Å². The van der Waals surface area contributed by atoms with Gasteiger partial charge >= 0.3 is 0 Å². The second kappa shape index (κ2) is 2.31. The fourth-order valence-corrected chi connectivity index (χ4v) is 2.67. The Labute approximate surface area is 83.5 Å². The molecule has 3 aliphatic rings. The van der Waals surface area contributed by atoms with E-state index < -0.39 is 11.1 Å². The van der Waals surface area contributed by atoms with Crippen molar-refractivity contribution in [1.29, 1.82) is 0 Å². The van der Waals surface area contributed by atoms with Gasteiger partial charge in [0.25, 0.3) is 0 Å². The summed E-state index contributed by atoms with van der Waals surface area (Å²) in [6.45, 7) is 3.91. The Bertz CT molecular complexity index is 288. The van der Waals surface area contributed by atoms with Crippen LogP contribution >= 0.6 is 0 Å². The predicted octanol–water partition coefficient (Wildman–Crippen LogP) is 1.75. The Morgan fingerprint density at radius 3 is 2.29 bits per heavy atom. The minimum absolute atomic E-state index is 0.104. The van der Waals surface area contributed by atoms with Crippen LogP contribution in [-0.4, -0.2) is 29.6 Å². The van der Waals surface area contributed by atoms with Crippen molar-refractivity contribution in [1.82, 2.24) is 4.90 Å². The number of hydrogen-bond donors (Lipinski definition) is 0. The molecule has 3 fully saturated rings. The molecule has 78 valence electrons. The van der Waals surface area contributed by atoms with Crippen molar-refractivity contribution in [3.8, 4) is 0 Å². The highest BCUT2D eigenvalue weighted by atomic mass is 19.1.